The number of nitrogens with two attached hydrogens (primary N) is 1. The number of aliphatic hydroxyl groups is 1. The summed E-state index contributed by atoms with van der Waals surface area (Å²) in [6.07, 6.45) is -0.149. The fraction of sp³-hybridized carbons (Fsp3) is 0.429. The Balaban J connectivity index is 1.52. The molecule has 7 nitrogen and oxygen atoms in total. The molecule has 0 radical (unpaired) electrons. The third kappa shape index (κ3) is 4.62. The predicted octanol–water partition coefficient (Wildman–Crippen LogP) is 3.61. The molecule has 1 aliphatic heterocycles. The van der Waals surface area contributed by atoms with E-state index in [0.717, 1.165) is 5.56 Å². The van der Waals surface area contributed by atoms with E-state index in [1.807, 2.05) is 13.0 Å². The van der Waals surface area contributed by atoms with Gasteiger partial charge in [0.2, 0.25) is 0 Å². The molecule has 4 N–H and O–H groups in total. The van der Waals surface area contributed by atoms with Gasteiger partial charge >= 0.3 is 0 Å². The minimum atomic E-state index is -1.21. The quantitative estimate of drug-likeness (QED) is 0.515. The Morgan fingerprint density at radius 2 is 2.19 bits per heavy atom. The topological polar surface area (TPSA) is 98.2 Å². The summed E-state index contributed by atoms with van der Waals surface area (Å²) in [6.45, 7) is 1.73. The monoisotopic (exact) mass is 449 g/mol. The molecule has 1 saturated heterocycles. The van der Waals surface area contributed by atoms with Crippen molar-refractivity contribution >= 4 is 17.0 Å². The molecule has 0 amide bonds. The van der Waals surface area contributed by atoms with Gasteiger partial charge in [0.05, 0.1) is 24.2 Å². The number of ether oxygens (including phenoxy) is 1. The van der Waals surface area contributed by atoms with E-state index < -0.39 is 24.5 Å². The largest absolute Gasteiger partial charge is 0.369 e. The van der Waals surface area contributed by atoms with Gasteiger partial charge in [-0.3, -0.25) is 4.68 Å². The fourth-order valence-electron chi connectivity index (χ4n) is 3.65. The maximum atomic E-state index is 14.3. The Morgan fingerprint density at radius 3 is 2.97 bits per heavy atom. The standard InChI is InChI=1S/C21H25F2N5O2S/c1-11-3-4-12(13(22)7-11)21-27-17(10-31-21)20(29)26-16-8-25-28(2)19(16)18-6-5-15(24)14(23)9-30-18/h3-4,7-8,10,14-15,18,20,26,29H,5-6,9,24H2,1-2H3/t14-,15-,18+,20?/m1/s1. The molecule has 166 valence electrons. The van der Waals surface area contributed by atoms with Crippen LogP contribution in [-0.4, -0.2) is 38.7 Å². The summed E-state index contributed by atoms with van der Waals surface area (Å²) in [5.41, 5.74) is 8.66. The highest BCUT2D eigenvalue weighted by molar-refractivity contribution is 7.13. The number of rotatable bonds is 5. The predicted molar refractivity (Wildman–Crippen MR) is 115 cm³/mol. The first-order valence-electron chi connectivity index (χ1n) is 10.0. The Kier molecular flexibility index (Phi) is 6.33. The lowest BCUT2D eigenvalue weighted by molar-refractivity contribution is 0.0246. The van der Waals surface area contributed by atoms with Crippen molar-refractivity contribution in [3.8, 4) is 10.6 Å². The number of nitrogens with zero attached hydrogens (tertiary/aromatic N) is 3. The van der Waals surface area contributed by atoms with Gasteiger partial charge < -0.3 is 20.9 Å². The molecule has 0 saturated carbocycles. The highest BCUT2D eigenvalue weighted by Gasteiger charge is 2.30. The third-order valence-corrected chi connectivity index (χ3v) is 6.32. The highest BCUT2D eigenvalue weighted by Crippen LogP contribution is 2.34. The van der Waals surface area contributed by atoms with Crippen LogP contribution in [0.15, 0.2) is 29.8 Å². The van der Waals surface area contributed by atoms with Gasteiger partial charge in [-0.1, -0.05) is 6.07 Å². The highest BCUT2D eigenvalue weighted by atomic mass is 32.1. The van der Waals surface area contributed by atoms with Crippen LogP contribution in [0.5, 0.6) is 0 Å². The van der Waals surface area contributed by atoms with E-state index in [4.69, 9.17) is 10.5 Å². The first-order valence-corrected chi connectivity index (χ1v) is 10.9. The second-order valence-corrected chi connectivity index (χ2v) is 8.61. The molecule has 31 heavy (non-hydrogen) atoms. The minimum absolute atomic E-state index is 0.0867. The summed E-state index contributed by atoms with van der Waals surface area (Å²) < 4.78 is 35.6. The Hall–Kier alpha value is -2.40. The van der Waals surface area contributed by atoms with Gasteiger partial charge in [-0.15, -0.1) is 11.3 Å². The molecule has 3 heterocycles. The van der Waals surface area contributed by atoms with Crippen LogP contribution in [0.2, 0.25) is 0 Å². The first-order chi connectivity index (χ1) is 14.8. The van der Waals surface area contributed by atoms with Crippen LogP contribution in [0.1, 0.15) is 42.1 Å². The smallest absolute Gasteiger partial charge is 0.169 e. The maximum Gasteiger partial charge on any atom is 0.169 e. The van der Waals surface area contributed by atoms with Gasteiger partial charge in [-0.25, -0.2) is 13.8 Å². The number of alkyl halides is 1. The van der Waals surface area contributed by atoms with Crippen molar-refractivity contribution in [1.82, 2.24) is 14.8 Å². The molecule has 4 atom stereocenters. The van der Waals surface area contributed by atoms with Crippen LogP contribution < -0.4 is 11.1 Å². The molecule has 1 fully saturated rings. The van der Waals surface area contributed by atoms with E-state index in [1.54, 1.807) is 29.4 Å². The van der Waals surface area contributed by atoms with Gasteiger partial charge in [0.1, 0.15) is 28.8 Å². The number of benzene rings is 1. The van der Waals surface area contributed by atoms with Gasteiger partial charge in [0.15, 0.2) is 6.23 Å². The van der Waals surface area contributed by atoms with Crippen molar-refractivity contribution in [2.45, 2.75) is 44.3 Å². The van der Waals surface area contributed by atoms with E-state index in [1.165, 1.54) is 17.4 Å². The van der Waals surface area contributed by atoms with Crippen LogP contribution >= 0.6 is 11.3 Å². The SMILES string of the molecule is Cc1ccc(-c2nc(C(O)Nc3cnn(C)c3[C@@H]3CC[C@@H](N)[C@H](F)CO3)cs2)c(F)c1. The number of hydrogen-bond donors (Lipinski definition) is 3. The molecule has 4 rings (SSSR count). The number of aliphatic hydroxyl groups excluding tert-OH is 1. The van der Waals surface area contributed by atoms with E-state index in [2.05, 4.69) is 15.4 Å². The zero-order valence-corrected chi connectivity index (χ0v) is 18.1. The lowest BCUT2D eigenvalue weighted by atomic mass is 10.0. The van der Waals surface area contributed by atoms with Gasteiger partial charge in [-0.2, -0.15) is 5.10 Å². The zero-order valence-electron chi connectivity index (χ0n) is 17.3. The van der Waals surface area contributed by atoms with Crippen molar-refractivity contribution < 1.29 is 18.6 Å². The summed E-state index contributed by atoms with van der Waals surface area (Å²) in [5.74, 6) is -0.354. The second-order valence-electron chi connectivity index (χ2n) is 7.75. The molecule has 0 bridgehead atoms. The van der Waals surface area contributed by atoms with Crippen molar-refractivity contribution in [1.29, 1.82) is 0 Å². The third-order valence-electron chi connectivity index (χ3n) is 5.42. The number of halogens is 2. The van der Waals surface area contributed by atoms with Crippen molar-refractivity contribution in [3.63, 3.8) is 0 Å². The van der Waals surface area contributed by atoms with E-state index in [0.29, 0.717) is 40.5 Å². The van der Waals surface area contributed by atoms with Crippen LogP contribution in [0.25, 0.3) is 10.6 Å². The van der Waals surface area contributed by atoms with Gasteiger partial charge in [0.25, 0.3) is 0 Å². The molecule has 1 unspecified atom stereocenters. The van der Waals surface area contributed by atoms with E-state index in [-0.39, 0.29) is 12.4 Å². The normalized spacial score (nSPS) is 22.8. The van der Waals surface area contributed by atoms with E-state index >= 15 is 0 Å². The Morgan fingerprint density at radius 1 is 1.39 bits per heavy atom. The number of aryl methyl sites for hydroxylation is 2. The van der Waals surface area contributed by atoms with Crippen molar-refractivity contribution in [2.75, 3.05) is 11.9 Å². The first kappa shape index (κ1) is 21.8. The summed E-state index contributed by atoms with van der Waals surface area (Å²) in [4.78, 5) is 4.39. The Labute approximate surface area is 182 Å². The molecule has 2 aromatic heterocycles. The second kappa shape index (κ2) is 8.99. The summed E-state index contributed by atoms with van der Waals surface area (Å²) in [7, 11) is 1.76. The lowest BCUT2D eigenvalue weighted by Gasteiger charge is -2.19. The van der Waals surface area contributed by atoms with Crippen molar-refractivity contribution in [3.05, 3.63) is 52.5 Å². The number of nitrogens with one attached hydrogen (secondary N) is 1. The molecule has 0 aliphatic carbocycles. The summed E-state index contributed by atoms with van der Waals surface area (Å²) in [5, 5.41) is 20.1. The van der Waals surface area contributed by atoms with Gasteiger partial charge in [0, 0.05) is 24.0 Å². The average Bonchev–Trinajstić information content (AvgIpc) is 3.31. The molecule has 0 spiro atoms. The molecular weight excluding hydrogens is 424 g/mol. The average molecular weight is 450 g/mol. The number of aromatic nitrogens is 3. The molecular formula is C21H25F2N5O2S. The summed E-state index contributed by atoms with van der Waals surface area (Å²) >= 11 is 1.25. The minimum Gasteiger partial charge on any atom is -0.369 e. The molecule has 1 aliphatic rings. The fourth-order valence-corrected chi connectivity index (χ4v) is 4.51. The van der Waals surface area contributed by atoms with Crippen LogP contribution in [0, 0.1) is 12.7 Å². The van der Waals surface area contributed by atoms with Gasteiger partial charge in [-0.05, 0) is 37.5 Å². The molecule has 10 heteroatoms. The van der Waals surface area contributed by atoms with Crippen molar-refractivity contribution in [2.24, 2.45) is 12.8 Å². The molecule has 1 aromatic carbocycles. The van der Waals surface area contributed by atoms with Crippen LogP contribution in [-0.2, 0) is 11.8 Å². The van der Waals surface area contributed by atoms with Crippen LogP contribution in [0.4, 0.5) is 14.5 Å². The van der Waals surface area contributed by atoms with Crippen LogP contribution in [0.3, 0.4) is 0 Å². The van der Waals surface area contributed by atoms with E-state index in [9.17, 15) is 13.9 Å². The zero-order chi connectivity index (χ0) is 22.1. The number of thiazole rings is 1. The Bertz CT molecular complexity index is 1040. The summed E-state index contributed by atoms with van der Waals surface area (Å²) in [6, 6.07) is 4.39. The maximum absolute atomic E-state index is 14.3. The number of hydrogen-bond acceptors (Lipinski definition) is 7. The molecule has 3 aromatic rings. The lowest BCUT2D eigenvalue weighted by Crippen LogP contribution is -2.32. The number of anilines is 1.